The minimum Gasteiger partial charge on any atom is -0.361 e. The summed E-state index contributed by atoms with van der Waals surface area (Å²) in [4.78, 5) is 14.2. The summed E-state index contributed by atoms with van der Waals surface area (Å²) >= 11 is 0. The van der Waals surface area contributed by atoms with E-state index in [-0.39, 0.29) is 11.7 Å². The second-order valence-corrected chi connectivity index (χ2v) is 6.99. The molecule has 0 atom stereocenters. The van der Waals surface area contributed by atoms with E-state index in [1.165, 1.54) is 17.2 Å². The van der Waals surface area contributed by atoms with Crippen molar-refractivity contribution in [2.75, 3.05) is 15.5 Å². The average molecular weight is 371 g/mol. The van der Waals surface area contributed by atoms with Crippen molar-refractivity contribution in [1.29, 1.82) is 0 Å². The van der Waals surface area contributed by atoms with E-state index in [1.807, 2.05) is 47.4 Å². The number of benzene rings is 3. The normalized spacial score (nSPS) is 16.1. The first-order valence-corrected chi connectivity index (χ1v) is 9.18. The van der Waals surface area contributed by atoms with E-state index in [0.29, 0.717) is 30.0 Å². The van der Waals surface area contributed by atoms with Crippen molar-refractivity contribution >= 4 is 28.5 Å². The third kappa shape index (κ3) is 2.81. The molecule has 0 aromatic heterocycles. The summed E-state index contributed by atoms with van der Waals surface area (Å²) < 4.78 is 14.8. The molecule has 0 saturated carbocycles. The second kappa shape index (κ2) is 6.53. The molecule has 5 heteroatoms. The molecule has 2 heterocycles. The number of para-hydroxylation sites is 1. The molecule has 0 aliphatic carbocycles. The van der Waals surface area contributed by atoms with Crippen LogP contribution in [0.4, 0.5) is 21.5 Å². The van der Waals surface area contributed by atoms with Crippen LogP contribution < -0.4 is 15.5 Å². The summed E-state index contributed by atoms with van der Waals surface area (Å²) in [5, 5.41) is 5.87. The van der Waals surface area contributed by atoms with Gasteiger partial charge in [0.2, 0.25) is 0 Å². The Morgan fingerprint density at radius 3 is 2.43 bits per heavy atom. The average Bonchev–Trinajstić information content (AvgIpc) is 3.26. The van der Waals surface area contributed by atoms with E-state index in [0.717, 1.165) is 11.3 Å². The van der Waals surface area contributed by atoms with Crippen LogP contribution in [0, 0.1) is 5.82 Å². The summed E-state index contributed by atoms with van der Waals surface area (Å²) in [6.07, 6.45) is 1.63. The lowest BCUT2D eigenvalue weighted by Gasteiger charge is -2.19. The Morgan fingerprint density at radius 1 is 0.964 bits per heavy atom. The van der Waals surface area contributed by atoms with Crippen molar-refractivity contribution in [3.05, 3.63) is 95.4 Å². The van der Waals surface area contributed by atoms with Crippen LogP contribution >= 0.6 is 0 Å². The lowest BCUT2D eigenvalue weighted by atomic mass is 10.1. The predicted octanol–water partition coefficient (Wildman–Crippen LogP) is 4.75. The Bertz CT molecular complexity index is 1100. The van der Waals surface area contributed by atoms with Gasteiger partial charge in [-0.1, -0.05) is 42.5 Å². The largest absolute Gasteiger partial charge is 0.361 e. The minimum absolute atomic E-state index is 0.166. The Kier molecular flexibility index (Phi) is 3.86. The highest BCUT2D eigenvalue weighted by Gasteiger charge is 2.24. The molecule has 28 heavy (non-hydrogen) atoms. The Hall–Kier alpha value is -3.60. The fourth-order valence-electron chi connectivity index (χ4n) is 3.79. The van der Waals surface area contributed by atoms with Gasteiger partial charge in [-0.05, 0) is 35.4 Å². The SMILES string of the molecule is O=C1Nc2ccccc2C1=CNc1ccc(N2Cc3ccccc3C2)c(F)c1. The molecule has 5 rings (SSSR count). The lowest BCUT2D eigenvalue weighted by molar-refractivity contribution is -0.110. The highest BCUT2D eigenvalue weighted by molar-refractivity contribution is 6.31. The summed E-state index contributed by atoms with van der Waals surface area (Å²) in [5.41, 5.74) is 5.82. The Labute approximate surface area is 162 Å². The fraction of sp³-hybridized carbons (Fsp3) is 0.0870. The number of fused-ring (bicyclic) bond motifs is 2. The van der Waals surface area contributed by atoms with Crippen molar-refractivity contribution in [3.63, 3.8) is 0 Å². The van der Waals surface area contributed by atoms with Crippen LogP contribution in [0.25, 0.3) is 5.57 Å². The lowest BCUT2D eigenvalue weighted by Crippen LogP contribution is -2.16. The maximum absolute atomic E-state index is 14.8. The van der Waals surface area contributed by atoms with Gasteiger partial charge in [-0.25, -0.2) is 4.39 Å². The number of halogens is 1. The van der Waals surface area contributed by atoms with Gasteiger partial charge in [-0.2, -0.15) is 0 Å². The molecular formula is C23H18FN3O. The standard InChI is InChI=1S/C23H18FN3O/c24-20-11-17(25-12-19-18-7-3-4-8-21(18)26-23(19)28)9-10-22(20)27-13-15-5-1-2-6-16(15)14-27/h1-12,25H,13-14H2,(H,26,28). The Balaban J connectivity index is 1.36. The molecule has 3 aromatic carbocycles. The van der Waals surface area contributed by atoms with Gasteiger partial charge in [0.05, 0.1) is 11.3 Å². The van der Waals surface area contributed by atoms with E-state index in [2.05, 4.69) is 22.8 Å². The number of hydrogen-bond donors (Lipinski definition) is 2. The molecular weight excluding hydrogens is 353 g/mol. The zero-order valence-corrected chi connectivity index (χ0v) is 15.1. The first-order valence-electron chi connectivity index (χ1n) is 9.18. The number of carbonyl (C=O) groups is 1. The van der Waals surface area contributed by atoms with Crippen LogP contribution in [0.5, 0.6) is 0 Å². The minimum atomic E-state index is -0.285. The summed E-state index contributed by atoms with van der Waals surface area (Å²) in [5.74, 6) is -0.451. The van der Waals surface area contributed by atoms with Crippen LogP contribution in [-0.4, -0.2) is 5.91 Å². The zero-order chi connectivity index (χ0) is 19.1. The molecule has 0 saturated heterocycles. The van der Waals surface area contributed by atoms with Crippen molar-refractivity contribution < 1.29 is 9.18 Å². The highest BCUT2D eigenvalue weighted by atomic mass is 19.1. The van der Waals surface area contributed by atoms with Crippen LogP contribution in [0.2, 0.25) is 0 Å². The van der Waals surface area contributed by atoms with Crippen LogP contribution in [0.1, 0.15) is 16.7 Å². The van der Waals surface area contributed by atoms with Crippen molar-refractivity contribution in [3.8, 4) is 0 Å². The molecule has 4 nitrogen and oxygen atoms in total. The maximum atomic E-state index is 14.8. The number of nitrogens with zero attached hydrogens (tertiary/aromatic N) is 1. The van der Waals surface area contributed by atoms with Gasteiger partial charge in [-0.3, -0.25) is 4.79 Å². The van der Waals surface area contributed by atoms with Gasteiger partial charge < -0.3 is 15.5 Å². The first-order chi connectivity index (χ1) is 13.7. The van der Waals surface area contributed by atoms with Gasteiger partial charge in [0.25, 0.3) is 5.91 Å². The fourth-order valence-corrected chi connectivity index (χ4v) is 3.79. The molecule has 0 spiro atoms. The first kappa shape index (κ1) is 16.6. The van der Waals surface area contributed by atoms with E-state index < -0.39 is 0 Å². The number of rotatable bonds is 3. The number of nitrogens with one attached hydrogen (secondary N) is 2. The molecule has 0 radical (unpaired) electrons. The third-order valence-electron chi connectivity index (χ3n) is 5.22. The van der Waals surface area contributed by atoms with Crippen LogP contribution in [0.3, 0.4) is 0 Å². The molecule has 138 valence electrons. The van der Waals surface area contributed by atoms with E-state index in [9.17, 15) is 9.18 Å². The van der Waals surface area contributed by atoms with Crippen molar-refractivity contribution in [2.24, 2.45) is 0 Å². The summed E-state index contributed by atoms with van der Waals surface area (Å²) in [6, 6.07) is 20.8. The molecule has 2 aliphatic heterocycles. The molecule has 2 aliphatic rings. The smallest absolute Gasteiger partial charge is 0.257 e. The maximum Gasteiger partial charge on any atom is 0.257 e. The number of anilines is 3. The Morgan fingerprint density at radius 2 is 1.68 bits per heavy atom. The van der Waals surface area contributed by atoms with Gasteiger partial charge in [0.1, 0.15) is 5.82 Å². The van der Waals surface area contributed by atoms with Crippen molar-refractivity contribution in [1.82, 2.24) is 0 Å². The molecule has 0 fully saturated rings. The number of carbonyl (C=O) groups excluding carboxylic acids is 1. The van der Waals surface area contributed by atoms with Gasteiger partial charge in [0.15, 0.2) is 0 Å². The molecule has 0 bridgehead atoms. The van der Waals surface area contributed by atoms with Crippen LogP contribution in [-0.2, 0) is 17.9 Å². The quantitative estimate of drug-likeness (QED) is 0.653. The van der Waals surface area contributed by atoms with Gasteiger partial charge in [-0.15, -0.1) is 0 Å². The third-order valence-corrected chi connectivity index (χ3v) is 5.22. The topological polar surface area (TPSA) is 44.4 Å². The highest BCUT2D eigenvalue weighted by Crippen LogP contribution is 2.33. The number of amides is 1. The van der Waals surface area contributed by atoms with Gasteiger partial charge >= 0.3 is 0 Å². The zero-order valence-electron chi connectivity index (χ0n) is 15.1. The summed E-state index contributed by atoms with van der Waals surface area (Å²) in [7, 11) is 0. The molecule has 0 unspecified atom stereocenters. The van der Waals surface area contributed by atoms with Gasteiger partial charge in [0, 0.05) is 36.2 Å². The van der Waals surface area contributed by atoms with Crippen molar-refractivity contribution in [2.45, 2.75) is 13.1 Å². The second-order valence-electron chi connectivity index (χ2n) is 6.99. The van der Waals surface area contributed by atoms with E-state index >= 15 is 0 Å². The molecule has 2 N–H and O–H groups in total. The number of hydrogen-bond acceptors (Lipinski definition) is 3. The van der Waals surface area contributed by atoms with E-state index in [4.69, 9.17) is 0 Å². The molecule has 1 amide bonds. The summed E-state index contributed by atoms with van der Waals surface area (Å²) in [6.45, 7) is 1.42. The monoisotopic (exact) mass is 371 g/mol. The van der Waals surface area contributed by atoms with Crippen LogP contribution in [0.15, 0.2) is 72.9 Å². The molecule has 3 aromatic rings. The predicted molar refractivity (Wildman–Crippen MR) is 109 cm³/mol. The van der Waals surface area contributed by atoms with E-state index in [1.54, 1.807) is 12.3 Å².